The van der Waals surface area contributed by atoms with E-state index < -0.39 is 0 Å². The Kier molecular flexibility index (Phi) is 3.85. The van der Waals surface area contributed by atoms with Gasteiger partial charge in [0.15, 0.2) is 0 Å². The topological polar surface area (TPSA) is 46.3 Å². The lowest BCUT2D eigenvalue weighted by Crippen LogP contribution is -2.50. The molecule has 1 amide bonds. The summed E-state index contributed by atoms with van der Waals surface area (Å²) in [7, 11) is 0. The maximum atomic E-state index is 12.8. The molecule has 1 heterocycles. The molecule has 1 fully saturated rings. The van der Waals surface area contributed by atoms with E-state index in [0.29, 0.717) is 6.54 Å². The third-order valence-electron chi connectivity index (χ3n) is 5.16. The Balaban J connectivity index is 1.71. The molecule has 0 saturated heterocycles. The van der Waals surface area contributed by atoms with Crippen molar-refractivity contribution in [1.29, 1.82) is 0 Å². The fourth-order valence-corrected chi connectivity index (χ4v) is 3.59. The summed E-state index contributed by atoms with van der Waals surface area (Å²) in [6.07, 6.45) is 6.10. The monoisotopic (exact) mass is 284 g/mol. The first kappa shape index (κ1) is 14.3. The summed E-state index contributed by atoms with van der Waals surface area (Å²) in [5.74, 6) is 0.246. The highest BCUT2D eigenvalue weighted by Crippen LogP contribution is 2.39. The average molecular weight is 284 g/mol. The fraction of sp³-hybridized carbons (Fsp3) is 0.500. The number of rotatable bonds is 2. The first-order valence-electron chi connectivity index (χ1n) is 7.91. The van der Waals surface area contributed by atoms with Crippen LogP contribution in [0.4, 0.5) is 0 Å². The zero-order valence-corrected chi connectivity index (χ0v) is 12.7. The molecule has 0 radical (unpaired) electrons. The van der Waals surface area contributed by atoms with Crippen molar-refractivity contribution >= 4 is 11.5 Å². The molecule has 3 rings (SSSR count). The minimum absolute atomic E-state index is 0.0181. The van der Waals surface area contributed by atoms with Crippen LogP contribution in [-0.2, 0) is 4.79 Å². The van der Waals surface area contributed by atoms with Gasteiger partial charge >= 0.3 is 0 Å². The number of carbonyl (C=O) groups is 1. The molecule has 3 nitrogen and oxygen atoms in total. The van der Waals surface area contributed by atoms with E-state index >= 15 is 0 Å². The molecule has 3 heteroatoms. The quantitative estimate of drug-likeness (QED) is 0.907. The number of benzene rings is 1. The molecule has 2 aliphatic rings. The van der Waals surface area contributed by atoms with Crippen molar-refractivity contribution in [2.24, 2.45) is 11.1 Å². The van der Waals surface area contributed by atoms with Crippen molar-refractivity contribution < 1.29 is 4.79 Å². The Morgan fingerprint density at radius 1 is 1.33 bits per heavy atom. The van der Waals surface area contributed by atoms with E-state index in [0.717, 1.165) is 32.2 Å². The molecule has 112 valence electrons. The molecule has 1 aromatic rings. The van der Waals surface area contributed by atoms with Gasteiger partial charge in [0.25, 0.3) is 0 Å². The summed E-state index contributed by atoms with van der Waals surface area (Å²) in [6, 6.07) is 10.4. The summed E-state index contributed by atoms with van der Waals surface area (Å²) >= 11 is 0. The minimum Gasteiger partial charge on any atom is -0.338 e. The summed E-state index contributed by atoms with van der Waals surface area (Å²) in [6.45, 7) is 3.57. The minimum atomic E-state index is -0.349. The van der Waals surface area contributed by atoms with E-state index in [2.05, 4.69) is 30.3 Å². The van der Waals surface area contributed by atoms with Crippen LogP contribution >= 0.6 is 0 Å². The number of nitrogens with zero attached hydrogens (tertiary/aromatic N) is 1. The van der Waals surface area contributed by atoms with Crippen LogP contribution in [0.2, 0.25) is 0 Å². The van der Waals surface area contributed by atoms with Crippen molar-refractivity contribution in [2.45, 2.75) is 38.6 Å². The molecule has 21 heavy (non-hydrogen) atoms. The third kappa shape index (κ3) is 2.62. The molecular formula is C18H24N2O. The largest absolute Gasteiger partial charge is 0.338 e. The van der Waals surface area contributed by atoms with Crippen LogP contribution in [0.3, 0.4) is 0 Å². The predicted octanol–water partition coefficient (Wildman–Crippen LogP) is 2.82. The highest BCUT2D eigenvalue weighted by molar-refractivity contribution is 5.84. The maximum Gasteiger partial charge on any atom is 0.230 e. The van der Waals surface area contributed by atoms with E-state index in [4.69, 9.17) is 5.73 Å². The lowest BCUT2D eigenvalue weighted by atomic mass is 9.83. The number of amides is 1. The lowest BCUT2D eigenvalue weighted by molar-refractivity contribution is -0.141. The van der Waals surface area contributed by atoms with Crippen molar-refractivity contribution in [1.82, 2.24) is 4.90 Å². The van der Waals surface area contributed by atoms with Crippen LogP contribution in [0.5, 0.6) is 0 Å². The van der Waals surface area contributed by atoms with Crippen LogP contribution in [-0.4, -0.2) is 29.9 Å². The van der Waals surface area contributed by atoms with Gasteiger partial charge in [-0.1, -0.05) is 42.8 Å². The summed E-state index contributed by atoms with van der Waals surface area (Å²) < 4.78 is 0. The van der Waals surface area contributed by atoms with Crippen LogP contribution in [0.25, 0.3) is 5.57 Å². The van der Waals surface area contributed by atoms with E-state index in [-0.39, 0.29) is 17.4 Å². The van der Waals surface area contributed by atoms with Crippen LogP contribution in [0.15, 0.2) is 36.4 Å². The Morgan fingerprint density at radius 3 is 2.67 bits per heavy atom. The van der Waals surface area contributed by atoms with Gasteiger partial charge in [0.1, 0.15) is 0 Å². The van der Waals surface area contributed by atoms with E-state index in [1.807, 2.05) is 17.9 Å². The van der Waals surface area contributed by atoms with Gasteiger partial charge in [-0.15, -0.1) is 0 Å². The molecule has 1 aromatic carbocycles. The van der Waals surface area contributed by atoms with Crippen LogP contribution in [0.1, 0.15) is 38.2 Å². The Hall–Kier alpha value is -1.61. The Bertz CT molecular complexity index is 552. The summed E-state index contributed by atoms with van der Waals surface area (Å²) in [5.41, 5.74) is 8.45. The van der Waals surface area contributed by atoms with Crippen LogP contribution < -0.4 is 5.73 Å². The second-order valence-electron chi connectivity index (χ2n) is 6.51. The lowest BCUT2D eigenvalue weighted by Gasteiger charge is -2.36. The van der Waals surface area contributed by atoms with Gasteiger partial charge in [-0.2, -0.15) is 0 Å². The second-order valence-corrected chi connectivity index (χ2v) is 6.51. The van der Waals surface area contributed by atoms with E-state index in [9.17, 15) is 4.79 Å². The average Bonchev–Trinajstić information content (AvgIpc) is 2.88. The van der Waals surface area contributed by atoms with Gasteiger partial charge in [-0.3, -0.25) is 4.79 Å². The zero-order valence-electron chi connectivity index (χ0n) is 12.7. The van der Waals surface area contributed by atoms with Gasteiger partial charge < -0.3 is 10.6 Å². The first-order valence-corrected chi connectivity index (χ1v) is 7.91. The van der Waals surface area contributed by atoms with Crippen molar-refractivity contribution in [3.05, 3.63) is 42.0 Å². The molecule has 0 bridgehead atoms. The maximum absolute atomic E-state index is 12.8. The molecule has 2 N–H and O–H groups in total. The molecule has 2 unspecified atom stereocenters. The van der Waals surface area contributed by atoms with Gasteiger partial charge in [-0.25, -0.2) is 0 Å². The smallest absolute Gasteiger partial charge is 0.230 e. The van der Waals surface area contributed by atoms with Crippen molar-refractivity contribution in [3.8, 4) is 0 Å². The van der Waals surface area contributed by atoms with Gasteiger partial charge in [0, 0.05) is 19.1 Å². The fourth-order valence-electron chi connectivity index (χ4n) is 3.59. The molecule has 1 aliphatic heterocycles. The molecular weight excluding hydrogens is 260 g/mol. The SMILES string of the molecule is CC1(C(=O)N2CC=C(c3ccccc3)CC2)CCCC1N. The normalized spacial score (nSPS) is 29.3. The van der Waals surface area contributed by atoms with E-state index in [1.54, 1.807) is 0 Å². The molecule has 0 spiro atoms. The second kappa shape index (κ2) is 5.64. The predicted molar refractivity (Wildman–Crippen MR) is 85.5 cm³/mol. The molecule has 2 atom stereocenters. The third-order valence-corrected chi connectivity index (χ3v) is 5.16. The Labute approximate surface area is 126 Å². The highest BCUT2D eigenvalue weighted by atomic mass is 16.2. The zero-order chi connectivity index (χ0) is 14.9. The Morgan fingerprint density at radius 2 is 2.10 bits per heavy atom. The first-order chi connectivity index (χ1) is 10.1. The van der Waals surface area contributed by atoms with Crippen LogP contribution in [0, 0.1) is 5.41 Å². The van der Waals surface area contributed by atoms with Crippen molar-refractivity contribution in [2.75, 3.05) is 13.1 Å². The molecule has 1 saturated carbocycles. The van der Waals surface area contributed by atoms with Gasteiger partial charge in [-0.05, 0) is 37.3 Å². The molecule has 0 aromatic heterocycles. The number of carbonyl (C=O) groups excluding carboxylic acids is 1. The standard InChI is InChI=1S/C18H24N2O/c1-18(11-5-8-16(18)19)17(21)20-12-9-15(10-13-20)14-6-3-2-4-7-14/h2-4,6-7,9,16H,5,8,10-13,19H2,1H3. The van der Waals surface area contributed by atoms with Gasteiger partial charge in [0.05, 0.1) is 5.41 Å². The number of hydrogen-bond donors (Lipinski definition) is 1. The highest BCUT2D eigenvalue weighted by Gasteiger charge is 2.45. The number of hydrogen-bond acceptors (Lipinski definition) is 2. The summed E-state index contributed by atoms with van der Waals surface area (Å²) in [4.78, 5) is 14.8. The van der Waals surface area contributed by atoms with Gasteiger partial charge in [0.2, 0.25) is 5.91 Å². The number of nitrogens with two attached hydrogens (primary N) is 1. The van der Waals surface area contributed by atoms with Crippen molar-refractivity contribution in [3.63, 3.8) is 0 Å². The molecule has 1 aliphatic carbocycles. The summed E-state index contributed by atoms with van der Waals surface area (Å²) in [5, 5.41) is 0. The van der Waals surface area contributed by atoms with E-state index in [1.165, 1.54) is 11.1 Å².